The zero-order chi connectivity index (χ0) is 27.1. The number of benzene rings is 4. The van der Waals surface area contributed by atoms with Gasteiger partial charge < -0.3 is 4.98 Å². The fraction of sp³-hybridized carbons (Fsp3) is 0.0938. The third-order valence-electron chi connectivity index (χ3n) is 6.99. The normalized spacial score (nSPS) is 15.0. The largest absolute Gasteiger partial charge is 0.321 e. The first kappa shape index (κ1) is 24.4. The van der Waals surface area contributed by atoms with Crippen LogP contribution in [0.4, 0.5) is 8.78 Å². The zero-order valence-corrected chi connectivity index (χ0v) is 21.0. The van der Waals surface area contributed by atoms with Gasteiger partial charge in [-0.25, -0.2) is 13.8 Å². The minimum absolute atomic E-state index is 0.235. The molecular formula is C32H23F2N3O2. The number of hydrazone groups is 1. The zero-order valence-electron chi connectivity index (χ0n) is 21.0. The number of carbonyl (C=O) groups excluding carboxylic acids is 1. The smallest absolute Gasteiger partial charge is 0.274 e. The number of rotatable bonds is 4. The lowest BCUT2D eigenvalue weighted by molar-refractivity contribution is 0.0711. The van der Waals surface area contributed by atoms with Crippen LogP contribution in [0.25, 0.3) is 22.0 Å². The third kappa shape index (κ3) is 4.52. The molecular weight excluding hydrogens is 496 g/mol. The number of amides is 1. The molecule has 0 spiro atoms. The first-order valence-electron chi connectivity index (χ1n) is 12.5. The Balaban J connectivity index is 1.56. The minimum atomic E-state index is -0.589. The highest BCUT2D eigenvalue weighted by atomic mass is 19.1. The highest BCUT2D eigenvalue weighted by Gasteiger charge is 2.36. The molecule has 7 heteroatoms. The van der Waals surface area contributed by atoms with Crippen molar-refractivity contribution in [3.63, 3.8) is 0 Å². The quantitative estimate of drug-likeness (QED) is 0.285. The van der Waals surface area contributed by atoms with Crippen LogP contribution in [0.5, 0.6) is 0 Å². The fourth-order valence-corrected chi connectivity index (χ4v) is 5.10. The summed E-state index contributed by atoms with van der Waals surface area (Å²) in [5.74, 6) is -1.31. The predicted octanol–water partition coefficient (Wildman–Crippen LogP) is 6.77. The van der Waals surface area contributed by atoms with Gasteiger partial charge in [0.2, 0.25) is 0 Å². The number of carbonyl (C=O) groups is 1. The van der Waals surface area contributed by atoms with Crippen molar-refractivity contribution in [2.75, 3.05) is 0 Å². The lowest BCUT2D eigenvalue weighted by Gasteiger charge is -2.22. The first-order valence-corrected chi connectivity index (χ1v) is 12.5. The van der Waals surface area contributed by atoms with E-state index in [1.807, 2.05) is 55.5 Å². The van der Waals surface area contributed by atoms with Crippen LogP contribution in [0.3, 0.4) is 0 Å². The number of aromatic nitrogens is 1. The van der Waals surface area contributed by atoms with Gasteiger partial charge >= 0.3 is 0 Å². The SMILES string of the molecule is Cc1ccc2[nH]c(=O)c(C3=NN(C(=O)c4ccc(F)cc4)[C@H](c4ccc(F)cc4)C3)c(-c3ccccc3)c2c1. The first-order chi connectivity index (χ1) is 18.9. The van der Waals surface area contributed by atoms with Gasteiger partial charge in [-0.05, 0) is 66.6 Å². The standard InChI is InChI=1S/C32H23F2N3O2/c1-19-7-16-26-25(17-19)29(21-5-3-2-4-6-21)30(31(38)35-26)27-18-28(20-8-12-23(33)13-9-20)37(36-27)32(39)22-10-14-24(34)15-11-22/h2-17,28H,18H2,1H3,(H,35,38)/t28-/m0/s1. The molecule has 6 rings (SSSR count). The topological polar surface area (TPSA) is 65.5 Å². The van der Waals surface area contributed by atoms with Crippen molar-refractivity contribution in [3.05, 3.63) is 141 Å². The van der Waals surface area contributed by atoms with Gasteiger partial charge in [0.1, 0.15) is 11.6 Å². The lowest BCUT2D eigenvalue weighted by Crippen LogP contribution is -2.27. The Morgan fingerprint density at radius 1 is 0.872 bits per heavy atom. The average molecular weight is 520 g/mol. The number of aromatic amines is 1. The van der Waals surface area contributed by atoms with E-state index in [0.29, 0.717) is 22.4 Å². The van der Waals surface area contributed by atoms with Crippen molar-refractivity contribution in [1.82, 2.24) is 9.99 Å². The van der Waals surface area contributed by atoms with Crippen molar-refractivity contribution in [2.24, 2.45) is 5.10 Å². The van der Waals surface area contributed by atoms with Crippen LogP contribution in [0.2, 0.25) is 0 Å². The maximum atomic E-state index is 13.8. The molecule has 1 atom stereocenters. The van der Waals surface area contributed by atoms with Gasteiger partial charge in [0, 0.05) is 28.5 Å². The molecule has 1 aliphatic heterocycles. The summed E-state index contributed by atoms with van der Waals surface area (Å²) in [5.41, 5.74) is 4.70. The van der Waals surface area contributed by atoms with Crippen molar-refractivity contribution < 1.29 is 13.6 Å². The molecule has 0 bridgehead atoms. The number of nitrogens with zero attached hydrogens (tertiary/aromatic N) is 2. The van der Waals surface area contributed by atoms with Gasteiger partial charge in [-0.2, -0.15) is 5.10 Å². The van der Waals surface area contributed by atoms with Crippen LogP contribution >= 0.6 is 0 Å². The molecule has 5 nitrogen and oxygen atoms in total. The molecule has 2 heterocycles. The molecule has 1 amide bonds. The molecule has 1 aliphatic rings. The summed E-state index contributed by atoms with van der Waals surface area (Å²) >= 11 is 0. The number of hydrogen-bond donors (Lipinski definition) is 1. The summed E-state index contributed by atoms with van der Waals surface area (Å²) in [4.78, 5) is 30.2. The molecule has 0 aliphatic carbocycles. The van der Waals surface area contributed by atoms with Crippen LogP contribution in [0.15, 0.2) is 107 Å². The van der Waals surface area contributed by atoms with Crippen LogP contribution < -0.4 is 5.56 Å². The van der Waals surface area contributed by atoms with E-state index in [1.165, 1.54) is 41.4 Å². The van der Waals surface area contributed by atoms with Crippen molar-refractivity contribution in [2.45, 2.75) is 19.4 Å². The number of aryl methyl sites for hydroxylation is 1. The van der Waals surface area contributed by atoms with Crippen LogP contribution in [0, 0.1) is 18.6 Å². The van der Waals surface area contributed by atoms with Crippen molar-refractivity contribution >= 4 is 22.5 Å². The Morgan fingerprint density at radius 3 is 2.23 bits per heavy atom. The Labute approximate surface area is 223 Å². The van der Waals surface area contributed by atoms with E-state index in [0.717, 1.165) is 22.1 Å². The Bertz CT molecular complexity index is 1790. The fourth-order valence-electron chi connectivity index (χ4n) is 5.10. The average Bonchev–Trinajstić information content (AvgIpc) is 3.38. The molecule has 1 N–H and O–H groups in total. The van der Waals surface area contributed by atoms with Crippen LogP contribution in [0.1, 0.15) is 39.5 Å². The highest BCUT2D eigenvalue weighted by Crippen LogP contribution is 2.37. The Hall–Kier alpha value is -4.91. The molecule has 0 unspecified atom stereocenters. The predicted molar refractivity (Wildman–Crippen MR) is 148 cm³/mol. The summed E-state index contributed by atoms with van der Waals surface area (Å²) in [6.45, 7) is 1.99. The molecule has 1 aromatic heterocycles. The maximum absolute atomic E-state index is 13.8. The van der Waals surface area contributed by atoms with Crippen LogP contribution in [-0.4, -0.2) is 21.6 Å². The van der Waals surface area contributed by atoms with E-state index in [1.54, 1.807) is 12.1 Å². The van der Waals surface area contributed by atoms with Gasteiger partial charge in [-0.15, -0.1) is 0 Å². The number of fused-ring (bicyclic) bond motifs is 1. The van der Waals surface area contributed by atoms with Crippen molar-refractivity contribution in [1.29, 1.82) is 0 Å². The van der Waals surface area contributed by atoms with E-state index < -0.39 is 23.6 Å². The number of hydrogen-bond acceptors (Lipinski definition) is 3. The van der Waals surface area contributed by atoms with Gasteiger partial charge in [0.05, 0.1) is 17.3 Å². The van der Waals surface area contributed by atoms with Crippen molar-refractivity contribution in [3.8, 4) is 11.1 Å². The number of pyridine rings is 1. The Kier molecular flexibility index (Phi) is 6.11. The molecule has 5 aromatic rings. The minimum Gasteiger partial charge on any atom is -0.321 e. The molecule has 0 radical (unpaired) electrons. The second kappa shape index (κ2) is 9.76. The summed E-state index contributed by atoms with van der Waals surface area (Å²) < 4.78 is 27.3. The molecule has 192 valence electrons. The number of H-pyrrole nitrogens is 1. The molecule has 0 saturated heterocycles. The molecule has 0 fully saturated rings. The Morgan fingerprint density at radius 2 is 1.54 bits per heavy atom. The summed E-state index contributed by atoms with van der Waals surface area (Å²) in [5, 5.41) is 6.88. The number of nitrogens with one attached hydrogen (secondary N) is 1. The van der Waals surface area contributed by atoms with E-state index in [2.05, 4.69) is 4.98 Å². The maximum Gasteiger partial charge on any atom is 0.274 e. The van der Waals surface area contributed by atoms with Gasteiger partial charge in [-0.3, -0.25) is 9.59 Å². The summed E-state index contributed by atoms with van der Waals surface area (Å²) in [6.07, 6.45) is 0.235. The van der Waals surface area contributed by atoms with Gasteiger partial charge in [0.25, 0.3) is 11.5 Å². The summed E-state index contributed by atoms with van der Waals surface area (Å²) in [7, 11) is 0. The monoisotopic (exact) mass is 519 g/mol. The van der Waals surface area contributed by atoms with E-state index in [9.17, 15) is 18.4 Å². The van der Waals surface area contributed by atoms with E-state index in [4.69, 9.17) is 5.10 Å². The third-order valence-corrected chi connectivity index (χ3v) is 6.99. The van der Waals surface area contributed by atoms with E-state index in [-0.39, 0.29) is 17.5 Å². The molecule has 0 saturated carbocycles. The highest BCUT2D eigenvalue weighted by molar-refractivity contribution is 6.13. The van der Waals surface area contributed by atoms with Gasteiger partial charge in [-0.1, -0.05) is 54.1 Å². The summed E-state index contributed by atoms with van der Waals surface area (Å²) in [6, 6.07) is 25.9. The molecule has 4 aromatic carbocycles. The number of halogens is 2. The van der Waals surface area contributed by atoms with Gasteiger partial charge in [0.15, 0.2) is 0 Å². The second-order valence-corrected chi connectivity index (χ2v) is 9.59. The van der Waals surface area contributed by atoms with Crippen LogP contribution in [-0.2, 0) is 0 Å². The van der Waals surface area contributed by atoms with E-state index >= 15 is 0 Å². The second-order valence-electron chi connectivity index (χ2n) is 9.59. The lowest BCUT2D eigenvalue weighted by atomic mass is 9.90. The molecule has 39 heavy (non-hydrogen) atoms.